The molecule has 7 heteroatoms. The zero-order chi connectivity index (χ0) is 25.5. The number of hydrogen-bond acceptors (Lipinski definition) is 5. The molecule has 0 bridgehead atoms. The third-order valence-electron chi connectivity index (χ3n) is 6.45. The Morgan fingerprint density at radius 3 is 2.37 bits per heavy atom. The second-order valence-electron chi connectivity index (χ2n) is 10.0. The minimum atomic E-state index is -0.580. The number of ketones is 1. The van der Waals surface area contributed by atoms with Gasteiger partial charge in [-0.2, -0.15) is 0 Å². The Labute approximate surface area is 214 Å². The summed E-state index contributed by atoms with van der Waals surface area (Å²) >= 11 is 1.04. The average Bonchev–Trinajstić information content (AvgIpc) is 2.85. The summed E-state index contributed by atoms with van der Waals surface area (Å²) in [6, 6.07) is 9.39. The first-order chi connectivity index (χ1) is 16.8. The molecule has 0 unspecified atom stereocenters. The normalized spacial score (nSPS) is 14.9. The fraction of sp³-hybridized carbons (Fsp3) is 0.643. The van der Waals surface area contributed by atoms with Crippen molar-refractivity contribution in [3.63, 3.8) is 0 Å². The minimum absolute atomic E-state index is 0.0243. The van der Waals surface area contributed by atoms with E-state index in [1.807, 2.05) is 30.3 Å². The quantitative estimate of drug-likeness (QED) is 0.358. The van der Waals surface area contributed by atoms with Gasteiger partial charge < -0.3 is 10.6 Å². The van der Waals surface area contributed by atoms with E-state index in [4.69, 9.17) is 0 Å². The monoisotopic (exact) mass is 502 g/mol. The maximum absolute atomic E-state index is 12.9. The number of Topliss-reactive ketones (excluding diaryl/α,β-unsaturated/α-hetero) is 1. The molecule has 35 heavy (non-hydrogen) atoms. The second kappa shape index (κ2) is 16.5. The summed E-state index contributed by atoms with van der Waals surface area (Å²) in [6.07, 6.45) is 8.53. The van der Waals surface area contributed by atoms with E-state index in [1.54, 1.807) is 0 Å². The molecule has 1 aromatic rings. The van der Waals surface area contributed by atoms with Crippen LogP contribution in [0, 0.1) is 11.8 Å². The maximum Gasteiger partial charge on any atom is 0.242 e. The smallest absolute Gasteiger partial charge is 0.242 e. The minimum Gasteiger partial charge on any atom is -0.354 e. The van der Waals surface area contributed by atoms with Crippen molar-refractivity contribution < 1.29 is 19.2 Å². The van der Waals surface area contributed by atoms with Gasteiger partial charge in [-0.1, -0.05) is 88.0 Å². The summed E-state index contributed by atoms with van der Waals surface area (Å²) in [5.41, 5.74) is 1.15. The van der Waals surface area contributed by atoms with Crippen molar-refractivity contribution in [3.8, 4) is 0 Å². The summed E-state index contributed by atoms with van der Waals surface area (Å²) in [7, 11) is 0. The summed E-state index contributed by atoms with van der Waals surface area (Å²) in [6.45, 7) is 4.64. The summed E-state index contributed by atoms with van der Waals surface area (Å²) in [5, 5.41) is 5.90. The van der Waals surface area contributed by atoms with Crippen molar-refractivity contribution in [2.24, 2.45) is 11.8 Å². The van der Waals surface area contributed by atoms with Gasteiger partial charge in [0.15, 0.2) is 5.12 Å². The largest absolute Gasteiger partial charge is 0.354 e. The number of carbonyl (C=O) groups excluding carboxylic acids is 4. The molecule has 2 N–H and O–H groups in total. The third-order valence-corrected chi connectivity index (χ3v) is 7.44. The Balaban J connectivity index is 1.78. The lowest BCUT2D eigenvalue weighted by Crippen LogP contribution is -2.48. The summed E-state index contributed by atoms with van der Waals surface area (Å²) in [4.78, 5) is 49.6. The van der Waals surface area contributed by atoms with Crippen LogP contribution in [0.1, 0.15) is 83.6 Å². The van der Waals surface area contributed by atoms with Crippen LogP contribution < -0.4 is 10.6 Å². The van der Waals surface area contributed by atoms with Crippen LogP contribution in [0.2, 0.25) is 0 Å². The lowest BCUT2D eigenvalue weighted by Gasteiger charge is -2.26. The molecule has 6 nitrogen and oxygen atoms in total. The van der Waals surface area contributed by atoms with Crippen LogP contribution in [0.25, 0.3) is 0 Å². The number of thioether (sulfide) groups is 1. The standard InChI is InChI=1S/C28H42N2O4S/c1-21(2)13-16-27(33)35-20-24(31)14-15-26(32)30-25(19-23-11-7-4-8-12-23)28(34)29-18-17-22-9-5-3-6-10-22/h3,5-6,9-10,21,23,25H,4,7-8,11-20H2,1-2H3,(H,29,34)(H,30,32)/t25-/m0/s1. The number of carbonyl (C=O) groups is 4. The number of rotatable bonds is 15. The van der Waals surface area contributed by atoms with Crippen LogP contribution in [-0.4, -0.2) is 41.1 Å². The lowest BCUT2D eigenvalue weighted by molar-refractivity contribution is -0.130. The van der Waals surface area contributed by atoms with Gasteiger partial charge in [0, 0.05) is 25.8 Å². The van der Waals surface area contributed by atoms with Gasteiger partial charge in [0.25, 0.3) is 0 Å². The Morgan fingerprint density at radius 2 is 1.69 bits per heavy atom. The van der Waals surface area contributed by atoms with Crippen molar-refractivity contribution in [2.75, 3.05) is 12.3 Å². The van der Waals surface area contributed by atoms with Crippen LogP contribution in [-0.2, 0) is 25.6 Å². The van der Waals surface area contributed by atoms with Crippen LogP contribution in [0.3, 0.4) is 0 Å². The highest BCUT2D eigenvalue weighted by Crippen LogP contribution is 2.27. The highest BCUT2D eigenvalue weighted by Gasteiger charge is 2.26. The van der Waals surface area contributed by atoms with E-state index in [1.165, 1.54) is 19.3 Å². The molecule has 0 saturated heterocycles. The van der Waals surface area contributed by atoms with Crippen molar-refractivity contribution in [1.82, 2.24) is 10.6 Å². The zero-order valence-electron chi connectivity index (χ0n) is 21.4. The Hall–Kier alpha value is -2.15. The molecule has 194 valence electrons. The van der Waals surface area contributed by atoms with E-state index in [9.17, 15) is 19.2 Å². The fourth-order valence-corrected chi connectivity index (χ4v) is 5.05. The summed E-state index contributed by atoms with van der Waals surface area (Å²) in [5.74, 6) is 0.445. The molecule has 2 rings (SSSR count). The average molecular weight is 503 g/mol. The highest BCUT2D eigenvalue weighted by atomic mass is 32.2. The van der Waals surface area contributed by atoms with Gasteiger partial charge in [0.05, 0.1) is 5.75 Å². The molecule has 0 aromatic heterocycles. The third kappa shape index (κ3) is 12.9. The molecule has 1 aliphatic carbocycles. The number of hydrogen-bond donors (Lipinski definition) is 2. The van der Waals surface area contributed by atoms with E-state index < -0.39 is 6.04 Å². The molecule has 0 radical (unpaired) electrons. The van der Waals surface area contributed by atoms with E-state index >= 15 is 0 Å². The highest BCUT2D eigenvalue weighted by molar-refractivity contribution is 8.14. The second-order valence-corrected chi connectivity index (χ2v) is 11.1. The molecule has 1 saturated carbocycles. The van der Waals surface area contributed by atoms with Gasteiger partial charge in [-0.3, -0.25) is 19.2 Å². The van der Waals surface area contributed by atoms with Crippen LogP contribution in [0.4, 0.5) is 0 Å². The Kier molecular flexibility index (Phi) is 13.7. The van der Waals surface area contributed by atoms with Gasteiger partial charge >= 0.3 is 0 Å². The van der Waals surface area contributed by atoms with Crippen molar-refractivity contribution in [2.45, 2.75) is 90.5 Å². The first-order valence-corrected chi connectivity index (χ1v) is 14.1. The van der Waals surface area contributed by atoms with Crippen molar-refractivity contribution in [3.05, 3.63) is 35.9 Å². The number of benzene rings is 1. The summed E-state index contributed by atoms with van der Waals surface area (Å²) < 4.78 is 0. The first kappa shape index (κ1) is 29.1. The molecule has 1 aliphatic rings. The number of nitrogens with one attached hydrogen (secondary N) is 2. The Bertz CT molecular complexity index is 806. The predicted molar refractivity (Wildman–Crippen MR) is 142 cm³/mol. The molecular weight excluding hydrogens is 460 g/mol. The van der Waals surface area contributed by atoms with Crippen LogP contribution in [0.5, 0.6) is 0 Å². The maximum atomic E-state index is 12.9. The van der Waals surface area contributed by atoms with E-state index in [2.05, 4.69) is 24.5 Å². The van der Waals surface area contributed by atoms with E-state index in [-0.39, 0.29) is 41.3 Å². The lowest BCUT2D eigenvalue weighted by atomic mass is 9.84. The molecule has 0 heterocycles. The van der Waals surface area contributed by atoms with Gasteiger partial charge in [-0.25, -0.2) is 0 Å². The Morgan fingerprint density at radius 1 is 0.971 bits per heavy atom. The van der Waals surface area contributed by atoms with Gasteiger partial charge in [0.1, 0.15) is 11.8 Å². The molecule has 2 amide bonds. The zero-order valence-corrected chi connectivity index (χ0v) is 22.2. The number of amides is 2. The molecule has 0 spiro atoms. The van der Waals surface area contributed by atoms with Gasteiger partial charge in [0.2, 0.25) is 11.8 Å². The fourth-order valence-electron chi connectivity index (χ4n) is 4.32. The van der Waals surface area contributed by atoms with Gasteiger partial charge in [-0.15, -0.1) is 0 Å². The van der Waals surface area contributed by atoms with Gasteiger partial charge in [-0.05, 0) is 36.7 Å². The first-order valence-electron chi connectivity index (χ1n) is 13.1. The molecule has 1 atom stereocenters. The molecular formula is C28H42N2O4S. The molecule has 1 fully saturated rings. The van der Waals surface area contributed by atoms with Crippen LogP contribution >= 0.6 is 11.8 Å². The van der Waals surface area contributed by atoms with E-state index in [0.29, 0.717) is 31.2 Å². The SMILES string of the molecule is CC(C)CCC(=O)SCC(=O)CCC(=O)N[C@@H](CC1CCCCC1)C(=O)NCCc1ccccc1. The molecule has 1 aromatic carbocycles. The topological polar surface area (TPSA) is 92.3 Å². The van der Waals surface area contributed by atoms with E-state index in [0.717, 1.165) is 43.0 Å². The van der Waals surface area contributed by atoms with Crippen LogP contribution in [0.15, 0.2) is 30.3 Å². The predicted octanol–water partition coefficient (Wildman–Crippen LogP) is 4.85. The molecule has 0 aliphatic heterocycles. The van der Waals surface area contributed by atoms with Crippen molar-refractivity contribution in [1.29, 1.82) is 0 Å². The van der Waals surface area contributed by atoms with Crippen molar-refractivity contribution >= 4 is 34.5 Å².